The smallest absolute Gasteiger partial charge is 0.414 e. The molecule has 3 aromatic carbocycles. The van der Waals surface area contributed by atoms with Crippen LogP contribution >= 0.6 is 34.5 Å². The molecule has 0 aliphatic carbocycles. The third kappa shape index (κ3) is 7.79. The van der Waals surface area contributed by atoms with Gasteiger partial charge in [-0.2, -0.15) is 25.2 Å². The van der Waals surface area contributed by atoms with E-state index >= 15 is 0 Å². The third-order valence-corrected chi connectivity index (χ3v) is 15.4. The lowest BCUT2D eigenvalue weighted by molar-refractivity contribution is 0.135. The monoisotopic (exact) mass is 843 g/mol. The number of anilines is 2. The largest absolute Gasteiger partial charge is 0.444 e. The molecule has 0 bridgehead atoms. The number of rotatable bonds is 6. The van der Waals surface area contributed by atoms with Crippen molar-refractivity contribution in [2.24, 2.45) is 0 Å². The number of nitriles is 1. The van der Waals surface area contributed by atoms with Gasteiger partial charge in [-0.3, -0.25) is 9.80 Å². The summed E-state index contributed by atoms with van der Waals surface area (Å²) in [5, 5.41) is 13.5. The predicted octanol–water partition coefficient (Wildman–Crippen LogP) is 7.23. The van der Waals surface area contributed by atoms with E-state index in [2.05, 4.69) is 0 Å². The molecule has 288 valence electrons. The summed E-state index contributed by atoms with van der Waals surface area (Å²) < 4.78 is 64.6. The minimum Gasteiger partial charge on any atom is -0.444 e. The van der Waals surface area contributed by atoms with Crippen LogP contribution in [0.2, 0.25) is 10.0 Å². The number of thiophene rings is 1. The summed E-state index contributed by atoms with van der Waals surface area (Å²) in [7, 11) is -7.17. The second kappa shape index (κ2) is 16.1. The van der Waals surface area contributed by atoms with E-state index in [0.29, 0.717) is 59.3 Å². The number of cyclic esters (lactones) is 2. The summed E-state index contributed by atoms with van der Waals surface area (Å²) in [6.45, 7) is 1.56. The van der Waals surface area contributed by atoms with Gasteiger partial charge in [-0.25, -0.2) is 26.4 Å². The molecule has 2 fully saturated rings. The first kappa shape index (κ1) is 39.0. The molecular formula is C37H35Cl2N5O8S3. The minimum absolute atomic E-state index is 0.101. The maximum atomic E-state index is 12.9. The lowest BCUT2D eigenvalue weighted by atomic mass is 10.0. The molecule has 2 saturated heterocycles. The fourth-order valence-electron chi connectivity index (χ4n) is 7.23. The summed E-state index contributed by atoms with van der Waals surface area (Å²) in [6.07, 6.45) is 1.19. The quantitative estimate of drug-likeness (QED) is 0.195. The Morgan fingerprint density at radius 3 is 1.60 bits per heavy atom. The van der Waals surface area contributed by atoms with Crippen molar-refractivity contribution in [1.82, 2.24) is 8.61 Å². The number of fused-ring (bicyclic) bond motifs is 2. The first-order chi connectivity index (χ1) is 26.4. The zero-order valence-corrected chi connectivity index (χ0v) is 33.2. The fraction of sp³-hybridized carbons (Fsp3) is 0.324. The van der Waals surface area contributed by atoms with E-state index in [1.165, 1.54) is 32.1 Å². The van der Waals surface area contributed by atoms with Crippen LogP contribution < -0.4 is 9.80 Å². The maximum Gasteiger partial charge on any atom is 0.414 e. The molecule has 4 aromatic rings. The molecule has 0 radical (unpaired) electrons. The SMILES string of the molecule is N#Cc1cccc(S(=O)(=O)N2CCC(N3C(=O)OCc4c(Cl)cccc43)CC2)c1.O=C1OCc2c(Cl)cccc2N1C1CCN(S(=O)(=O)c2ccsc2)CC1. The van der Waals surface area contributed by atoms with Gasteiger partial charge in [0.15, 0.2) is 0 Å². The average molecular weight is 845 g/mol. The van der Waals surface area contributed by atoms with Gasteiger partial charge in [0.2, 0.25) is 20.0 Å². The number of hydrogen-bond donors (Lipinski definition) is 0. The van der Waals surface area contributed by atoms with E-state index in [1.807, 2.05) is 24.3 Å². The Hall–Kier alpha value is -4.21. The summed E-state index contributed by atoms with van der Waals surface area (Å²) in [4.78, 5) is 28.4. The van der Waals surface area contributed by atoms with Gasteiger partial charge in [0.05, 0.1) is 32.8 Å². The van der Waals surface area contributed by atoms with E-state index in [1.54, 1.807) is 57.0 Å². The second-order valence-electron chi connectivity index (χ2n) is 13.2. The van der Waals surface area contributed by atoms with Gasteiger partial charge in [0.25, 0.3) is 0 Å². The summed E-state index contributed by atoms with van der Waals surface area (Å²) in [5.74, 6) is 0. The van der Waals surface area contributed by atoms with E-state index in [9.17, 15) is 26.4 Å². The molecule has 4 aliphatic rings. The summed E-state index contributed by atoms with van der Waals surface area (Å²) in [6, 6.07) is 20.1. The van der Waals surface area contributed by atoms with Gasteiger partial charge in [0, 0.05) is 64.8 Å². The molecule has 1 aromatic heterocycles. The molecule has 8 rings (SSSR count). The van der Waals surface area contributed by atoms with Crippen molar-refractivity contribution >= 4 is 78.1 Å². The first-order valence-electron chi connectivity index (χ1n) is 17.4. The van der Waals surface area contributed by atoms with Crippen molar-refractivity contribution in [3.8, 4) is 6.07 Å². The Labute approximate surface area is 333 Å². The van der Waals surface area contributed by atoms with Crippen LogP contribution in [0.25, 0.3) is 0 Å². The summed E-state index contributed by atoms with van der Waals surface area (Å²) >= 11 is 13.8. The number of ether oxygens (including phenoxy) is 2. The molecule has 4 aliphatic heterocycles. The van der Waals surface area contributed by atoms with Crippen LogP contribution in [0.3, 0.4) is 0 Å². The summed E-state index contributed by atoms with van der Waals surface area (Å²) in [5.41, 5.74) is 3.33. The standard InChI is InChI=1S/C20H18ClN3O4S.C17H17ClN2O4S2/c21-18-5-2-6-19-17(18)13-28-20(25)24(19)15-7-9-23(10-8-15)29(26,27)16-4-1-3-14(11-16)12-22;18-15-2-1-3-16-14(15)10-24-17(21)20(16)12-4-7-19(8-5-12)26(22,23)13-6-9-25-11-13/h1-6,11,15H,7-10,13H2;1-3,6,9,11-12H,4-5,7-8,10H2. The normalized spacial score (nSPS) is 18.6. The van der Waals surface area contributed by atoms with Gasteiger partial charge >= 0.3 is 12.2 Å². The van der Waals surface area contributed by atoms with E-state index in [4.69, 9.17) is 37.9 Å². The number of halogens is 2. The van der Waals surface area contributed by atoms with Crippen LogP contribution in [0, 0.1) is 11.3 Å². The highest BCUT2D eigenvalue weighted by Gasteiger charge is 2.39. The van der Waals surface area contributed by atoms with Gasteiger partial charge < -0.3 is 9.47 Å². The highest BCUT2D eigenvalue weighted by Crippen LogP contribution is 2.38. The molecule has 0 unspecified atom stereocenters. The van der Waals surface area contributed by atoms with Crippen molar-refractivity contribution in [3.63, 3.8) is 0 Å². The third-order valence-electron chi connectivity index (χ3n) is 10.1. The maximum absolute atomic E-state index is 12.9. The van der Waals surface area contributed by atoms with Crippen LogP contribution in [-0.2, 0) is 42.7 Å². The minimum atomic E-state index is -3.70. The Bertz CT molecular complexity index is 2360. The zero-order valence-electron chi connectivity index (χ0n) is 29.2. The molecule has 5 heterocycles. The lowest BCUT2D eigenvalue weighted by Gasteiger charge is -2.40. The van der Waals surface area contributed by atoms with Crippen LogP contribution in [-0.4, -0.2) is 75.9 Å². The number of piperidine rings is 2. The number of nitrogens with zero attached hydrogens (tertiary/aromatic N) is 5. The van der Waals surface area contributed by atoms with Crippen molar-refractivity contribution in [3.05, 3.63) is 104 Å². The Balaban J connectivity index is 0.000000170. The molecule has 55 heavy (non-hydrogen) atoms. The van der Waals surface area contributed by atoms with Crippen molar-refractivity contribution < 1.29 is 35.9 Å². The first-order valence-corrected chi connectivity index (χ1v) is 22.0. The number of carbonyl (C=O) groups excluding carboxylic acids is 2. The number of sulfonamides is 2. The topological polar surface area (TPSA) is 158 Å². The van der Waals surface area contributed by atoms with Crippen molar-refractivity contribution in [2.45, 2.75) is 60.8 Å². The second-order valence-corrected chi connectivity index (χ2v) is 18.7. The van der Waals surface area contributed by atoms with Gasteiger partial charge in [-0.1, -0.05) is 41.4 Å². The number of benzene rings is 3. The molecule has 2 amide bonds. The van der Waals surface area contributed by atoms with E-state index in [-0.39, 0.29) is 43.3 Å². The van der Waals surface area contributed by atoms with Crippen LogP contribution in [0.15, 0.2) is 87.3 Å². The molecular weight excluding hydrogens is 810 g/mol. The van der Waals surface area contributed by atoms with Gasteiger partial charge in [-0.15, -0.1) is 0 Å². The molecule has 0 saturated carbocycles. The Kier molecular flexibility index (Phi) is 11.4. The van der Waals surface area contributed by atoms with Crippen LogP contribution in [0.1, 0.15) is 42.4 Å². The van der Waals surface area contributed by atoms with Gasteiger partial charge in [0.1, 0.15) is 13.2 Å². The van der Waals surface area contributed by atoms with E-state index < -0.39 is 32.2 Å². The molecule has 0 spiro atoms. The Morgan fingerprint density at radius 2 is 1.15 bits per heavy atom. The Morgan fingerprint density at radius 1 is 0.673 bits per heavy atom. The van der Waals surface area contributed by atoms with Crippen LogP contribution in [0.4, 0.5) is 21.0 Å². The van der Waals surface area contributed by atoms with Crippen LogP contribution in [0.5, 0.6) is 0 Å². The van der Waals surface area contributed by atoms with Gasteiger partial charge in [-0.05, 0) is 79.6 Å². The van der Waals surface area contributed by atoms with Crippen molar-refractivity contribution in [1.29, 1.82) is 5.26 Å². The highest BCUT2D eigenvalue weighted by atomic mass is 35.5. The lowest BCUT2D eigenvalue weighted by Crippen LogP contribution is -2.50. The number of carbonyl (C=O) groups is 2. The predicted molar refractivity (Wildman–Crippen MR) is 207 cm³/mol. The fourth-order valence-corrected chi connectivity index (χ4v) is 11.7. The number of amides is 2. The molecule has 0 atom stereocenters. The molecule has 18 heteroatoms. The highest BCUT2D eigenvalue weighted by molar-refractivity contribution is 7.89. The molecule has 0 N–H and O–H groups in total. The average Bonchev–Trinajstić information content (AvgIpc) is 3.75. The van der Waals surface area contributed by atoms with Crippen molar-refractivity contribution in [2.75, 3.05) is 36.0 Å². The molecule has 13 nitrogen and oxygen atoms in total. The zero-order chi connectivity index (χ0) is 38.9. The number of hydrogen-bond acceptors (Lipinski definition) is 10. The van der Waals surface area contributed by atoms with E-state index in [0.717, 1.165) is 22.5 Å².